The van der Waals surface area contributed by atoms with Crippen LogP contribution in [0, 0.1) is 0 Å². The fraction of sp³-hybridized carbons (Fsp3) is 0.412. The molecule has 2 aromatic rings. The molecule has 0 bridgehead atoms. The third-order valence-electron chi connectivity index (χ3n) is 4.45. The number of anilines is 1. The molecule has 1 aliphatic rings. The summed E-state index contributed by atoms with van der Waals surface area (Å²) in [5, 5.41) is 17.1. The Labute approximate surface area is 145 Å². The molecule has 0 radical (unpaired) electrons. The second-order valence-electron chi connectivity index (χ2n) is 6.04. The van der Waals surface area contributed by atoms with E-state index >= 15 is 0 Å². The van der Waals surface area contributed by atoms with Gasteiger partial charge in [-0.2, -0.15) is 0 Å². The summed E-state index contributed by atoms with van der Waals surface area (Å²) in [5.41, 5.74) is 0.685. The van der Waals surface area contributed by atoms with Crippen molar-refractivity contribution in [3.05, 3.63) is 34.9 Å². The molecule has 2 N–H and O–H groups in total. The summed E-state index contributed by atoms with van der Waals surface area (Å²) in [4.78, 5) is 14.0. The minimum Gasteiger partial charge on any atom is -0.477 e. The average molecular weight is 350 g/mol. The monoisotopic (exact) mass is 349 g/mol. The third kappa shape index (κ3) is 3.55. The Hall–Kier alpha value is -2.05. The van der Waals surface area contributed by atoms with Crippen LogP contribution in [0.25, 0.3) is 11.3 Å². The molecule has 6 nitrogen and oxygen atoms in total. The average Bonchev–Trinajstić information content (AvgIpc) is 3.15. The van der Waals surface area contributed by atoms with Gasteiger partial charge in [-0.3, -0.25) is 0 Å². The maximum Gasteiger partial charge on any atom is 0.343 e. The van der Waals surface area contributed by atoms with E-state index in [1.165, 1.54) is 12.8 Å². The molecule has 1 aliphatic heterocycles. The van der Waals surface area contributed by atoms with Gasteiger partial charge in [-0.1, -0.05) is 16.8 Å². The predicted molar refractivity (Wildman–Crippen MR) is 92.7 cm³/mol. The number of hydrogen-bond acceptors (Lipinski definition) is 5. The molecule has 0 amide bonds. The highest BCUT2D eigenvalue weighted by atomic mass is 35.5. The molecule has 1 atom stereocenters. The lowest BCUT2D eigenvalue weighted by atomic mass is 10.1. The molecule has 1 aromatic carbocycles. The van der Waals surface area contributed by atoms with E-state index in [1.807, 2.05) is 0 Å². The normalized spacial score (nSPS) is 18.0. The van der Waals surface area contributed by atoms with Gasteiger partial charge in [0.2, 0.25) is 0 Å². The van der Waals surface area contributed by atoms with Gasteiger partial charge in [-0.15, -0.1) is 0 Å². The Bertz CT molecular complexity index is 714. The molecule has 128 valence electrons. The van der Waals surface area contributed by atoms with Crippen molar-refractivity contribution in [2.45, 2.75) is 25.3 Å². The number of carboxylic acids is 1. The number of halogens is 1. The van der Waals surface area contributed by atoms with Gasteiger partial charge in [-0.05, 0) is 57.1 Å². The van der Waals surface area contributed by atoms with Gasteiger partial charge in [-0.25, -0.2) is 4.79 Å². The van der Waals surface area contributed by atoms with E-state index in [9.17, 15) is 9.90 Å². The molecule has 1 aromatic heterocycles. The van der Waals surface area contributed by atoms with Gasteiger partial charge < -0.3 is 19.8 Å². The fourth-order valence-electron chi connectivity index (χ4n) is 3.11. The van der Waals surface area contributed by atoms with Crippen molar-refractivity contribution in [2.75, 3.05) is 25.5 Å². The Morgan fingerprint density at radius 3 is 2.83 bits per heavy atom. The first kappa shape index (κ1) is 16.8. The maximum absolute atomic E-state index is 11.6. The predicted octanol–water partition coefficient (Wildman–Crippen LogP) is 3.59. The van der Waals surface area contributed by atoms with Crippen LogP contribution in [0.1, 0.15) is 29.6 Å². The van der Waals surface area contributed by atoms with Crippen LogP contribution in [-0.4, -0.2) is 47.3 Å². The zero-order chi connectivity index (χ0) is 17.1. The number of carboxylic acid groups (broad SMARTS) is 1. The summed E-state index contributed by atoms with van der Waals surface area (Å²) in [7, 11) is 2.12. The van der Waals surface area contributed by atoms with Gasteiger partial charge in [0.1, 0.15) is 0 Å². The van der Waals surface area contributed by atoms with Crippen LogP contribution in [-0.2, 0) is 0 Å². The number of likely N-dealkylation sites (tertiary alicyclic amines) is 1. The lowest BCUT2D eigenvalue weighted by Gasteiger charge is -2.19. The van der Waals surface area contributed by atoms with Gasteiger partial charge in [0.15, 0.2) is 17.1 Å². The molecule has 24 heavy (non-hydrogen) atoms. The minimum absolute atomic E-state index is 0.0529. The van der Waals surface area contributed by atoms with Crippen molar-refractivity contribution in [3.63, 3.8) is 0 Å². The molecule has 1 unspecified atom stereocenters. The third-order valence-corrected chi connectivity index (χ3v) is 4.71. The number of aromatic nitrogens is 1. The van der Waals surface area contributed by atoms with Gasteiger partial charge in [0.25, 0.3) is 0 Å². The Kier molecular flexibility index (Phi) is 5.06. The number of carbonyl (C=O) groups is 1. The smallest absolute Gasteiger partial charge is 0.343 e. The maximum atomic E-state index is 11.6. The molecule has 0 saturated carbocycles. The van der Waals surface area contributed by atoms with Crippen LogP contribution >= 0.6 is 11.6 Å². The van der Waals surface area contributed by atoms with E-state index in [0.29, 0.717) is 23.2 Å². The van der Waals surface area contributed by atoms with Crippen LogP contribution in [0.15, 0.2) is 28.8 Å². The summed E-state index contributed by atoms with van der Waals surface area (Å²) in [6.45, 7) is 1.78. The van der Waals surface area contributed by atoms with Crippen molar-refractivity contribution in [1.29, 1.82) is 0 Å². The molecule has 7 heteroatoms. The number of hydrogen-bond donors (Lipinski definition) is 2. The standard InChI is InChI=1S/C17H20ClN3O3/c1-21-10-2-3-13(21)8-9-19-16-14(17(22)23)15(24-20-16)11-4-6-12(18)7-5-11/h4-7,13H,2-3,8-10H2,1H3,(H,19,20)(H,22,23). The highest BCUT2D eigenvalue weighted by Crippen LogP contribution is 2.30. The van der Waals surface area contributed by atoms with E-state index in [4.69, 9.17) is 16.1 Å². The summed E-state index contributed by atoms with van der Waals surface area (Å²) in [6, 6.07) is 7.34. The van der Waals surface area contributed by atoms with Crippen molar-refractivity contribution in [3.8, 4) is 11.3 Å². The highest BCUT2D eigenvalue weighted by Gasteiger charge is 2.25. The molecule has 1 fully saturated rings. The van der Waals surface area contributed by atoms with Gasteiger partial charge >= 0.3 is 5.97 Å². The zero-order valence-electron chi connectivity index (χ0n) is 13.5. The van der Waals surface area contributed by atoms with Crippen molar-refractivity contribution in [1.82, 2.24) is 10.1 Å². The van der Waals surface area contributed by atoms with E-state index < -0.39 is 5.97 Å². The quantitative estimate of drug-likeness (QED) is 0.829. The summed E-state index contributed by atoms with van der Waals surface area (Å²) in [5.74, 6) is -0.561. The Balaban J connectivity index is 1.74. The first-order valence-corrected chi connectivity index (χ1v) is 8.37. The second kappa shape index (κ2) is 7.23. The second-order valence-corrected chi connectivity index (χ2v) is 6.48. The summed E-state index contributed by atoms with van der Waals surface area (Å²) < 4.78 is 5.28. The lowest BCUT2D eigenvalue weighted by Crippen LogP contribution is -2.27. The fourth-order valence-corrected chi connectivity index (χ4v) is 3.23. The zero-order valence-corrected chi connectivity index (χ0v) is 14.2. The Morgan fingerprint density at radius 2 is 2.21 bits per heavy atom. The van der Waals surface area contributed by atoms with Crippen LogP contribution in [0.4, 0.5) is 5.82 Å². The summed E-state index contributed by atoms with van der Waals surface area (Å²) >= 11 is 5.87. The molecule has 1 saturated heterocycles. The van der Waals surface area contributed by atoms with Gasteiger partial charge in [0, 0.05) is 23.2 Å². The molecule has 3 rings (SSSR count). The SMILES string of the molecule is CN1CCCC1CCNc1noc(-c2ccc(Cl)cc2)c1C(=O)O. The first-order valence-electron chi connectivity index (χ1n) is 7.99. The first-order chi connectivity index (χ1) is 11.6. The molecular weight excluding hydrogens is 330 g/mol. The van der Waals surface area contributed by atoms with E-state index in [2.05, 4.69) is 22.4 Å². The molecule has 0 spiro atoms. The molecular formula is C17H20ClN3O3. The number of nitrogens with one attached hydrogen (secondary N) is 1. The van der Waals surface area contributed by atoms with E-state index in [0.717, 1.165) is 13.0 Å². The molecule has 2 heterocycles. The van der Waals surface area contributed by atoms with Crippen molar-refractivity contribution in [2.24, 2.45) is 0 Å². The van der Waals surface area contributed by atoms with Crippen LogP contribution in [0.3, 0.4) is 0 Å². The van der Waals surface area contributed by atoms with E-state index in [-0.39, 0.29) is 17.1 Å². The minimum atomic E-state index is -1.07. The van der Waals surface area contributed by atoms with E-state index in [1.54, 1.807) is 24.3 Å². The topological polar surface area (TPSA) is 78.6 Å². The lowest BCUT2D eigenvalue weighted by molar-refractivity contribution is 0.0698. The van der Waals surface area contributed by atoms with Crippen molar-refractivity contribution < 1.29 is 14.4 Å². The highest BCUT2D eigenvalue weighted by molar-refractivity contribution is 6.30. The van der Waals surface area contributed by atoms with Gasteiger partial charge in [0.05, 0.1) is 0 Å². The number of nitrogens with zero attached hydrogens (tertiary/aromatic N) is 2. The van der Waals surface area contributed by atoms with Crippen LogP contribution in [0.5, 0.6) is 0 Å². The number of aromatic carboxylic acids is 1. The Morgan fingerprint density at radius 1 is 1.46 bits per heavy atom. The summed E-state index contributed by atoms with van der Waals surface area (Å²) in [6.07, 6.45) is 3.34. The van der Waals surface area contributed by atoms with Crippen molar-refractivity contribution >= 4 is 23.4 Å². The number of benzene rings is 1. The number of rotatable bonds is 6. The van der Waals surface area contributed by atoms with Crippen LogP contribution in [0.2, 0.25) is 5.02 Å². The van der Waals surface area contributed by atoms with Crippen LogP contribution < -0.4 is 5.32 Å². The molecule has 0 aliphatic carbocycles. The largest absolute Gasteiger partial charge is 0.477 e.